The van der Waals surface area contributed by atoms with Crippen molar-refractivity contribution < 1.29 is 28.0 Å². The first-order valence-electron chi connectivity index (χ1n) is 13.3. The molecule has 0 aromatic heterocycles. The molecule has 2 aromatic carbocycles. The maximum Gasteiger partial charge on any atom is 0.324 e. The predicted octanol–water partition coefficient (Wildman–Crippen LogP) is 4.09. The molecule has 1 aliphatic carbocycles. The van der Waals surface area contributed by atoms with Crippen molar-refractivity contribution in [2.24, 2.45) is 5.41 Å². The fourth-order valence-corrected chi connectivity index (χ4v) is 6.45. The Morgan fingerprint density at radius 1 is 1.03 bits per heavy atom. The van der Waals surface area contributed by atoms with Crippen LogP contribution in [0.1, 0.15) is 62.3 Å². The van der Waals surface area contributed by atoms with Crippen LogP contribution in [-0.4, -0.2) is 52.7 Å². The van der Waals surface area contributed by atoms with Gasteiger partial charge in [0.15, 0.2) is 0 Å². The normalized spacial score (nSPS) is 23.8. The van der Waals surface area contributed by atoms with Gasteiger partial charge in [0, 0.05) is 37.1 Å². The van der Waals surface area contributed by atoms with Gasteiger partial charge in [-0.3, -0.25) is 19.7 Å². The van der Waals surface area contributed by atoms with E-state index in [1.54, 1.807) is 19.2 Å². The number of amides is 5. The SMILES string of the molecule is CCC1(CC)CC[C@@H](c2cc(F)cc(F)c2)N(CC(=O)Nc2ccc3c(c2)CC2(C3)C(=O)NC(=O)N2C)C1=O. The zero-order chi connectivity index (χ0) is 28.1. The lowest BCUT2D eigenvalue weighted by molar-refractivity contribution is -0.153. The van der Waals surface area contributed by atoms with Crippen LogP contribution in [0.2, 0.25) is 0 Å². The molecule has 2 aromatic rings. The molecule has 2 saturated heterocycles. The van der Waals surface area contributed by atoms with E-state index in [9.17, 15) is 28.0 Å². The van der Waals surface area contributed by atoms with E-state index in [-0.39, 0.29) is 18.4 Å². The van der Waals surface area contributed by atoms with Crippen molar-refractivity contribution in [3.8, 4) is 0 Å². The van der Waals surface area contributed by atoms with Gasteiger partial charge in [-0.25, -0.2) is 13.6 Å². The molecule has 2 N–H and O–H groups in total. The van der Waals surface area contributed by atoms with Crippen LogP contribution in [0.15, 0.2) is 36.4 Å². The standard InChI is InChI=1S/C29H32F2N4O4/c1-4-28(5-2)9-8-23(18-10-20(30)13-21(31)11-18)35(26(28)38)16-24(36)32-22-7-6-17-14-29(15-19(17)12-22)25(37)33-27(39)34(29)3/h6-7,10-13,23H,4-5,8-9,14-16H2,1-3H3,(H,32,36)(H,33,37,39)/t23-,29?/m0/s1. The van der Waals surface area contributed by atoms with Crippen LogP contribution in [0.3, 0.4) is 0 Å². The summed E-state index contributed by atoms with van der Waals surface area (Å²) in [6.07, 6.45) is 2.96. The molecule has 0 saturated carbocycles. The Labute approximate surface area is 225 Å². The van der Waals surface area contributed by atoms with E-state index in [1.165, 1.54) is 21.9 Å². The summed E-state index contributed by atoms with van der Waals surface area (Å²) in [7, 11) is 1.60. The van der Waals surface area contributed by atoms with E-state index in [4.69, 9.17) is 0 Å². The minimum atomic E-state index is -0.973. The van der Waals surface area contributed by atoms with Crippen molar-refractivity contribution in [1.29, 1.82) is 0 Å². The highest BCUT2D eigenvalue weighted by Gasteiger charge is 2.54. The summed E-state index contributed by atoms with van der Waals surface area (Å²) in [6, 6.07) is 7.49. The van der Waals surface area contributed by atoms with E-state index in [2.05, 4.69) is 10.6 Å². The number of piperidine rings is 1. The van der Waals surface area contributed by atoms with Gasteiger partial charge < -0.3 is 15.1 Å². The first-order valence-corrected chi connectivity index (χ1v) is 13.3. The predicted molar refractivity (Wildman–Crippen MR) is 140 cm³/mol. The Morgan fingerprint density at radius 2 is 1.69 bits per heavy atom. The maximum absolute atomic E-state index is 14.1. The van der Waals surface area contributed by atoms with Gasteiger partial charge in [-0.05, 0) is 66.6 Å². The summed E-state index contributed by atoms with van der Waals surface area (Å²) in [5.74, 6) is -2.44. The van der Waals surface area contributed by atoms with Crippen LogP contribution >= 0.6 is 0 Å². The number of anilines is 1. The number of rotatable bonds is 6. The zero-order valence-corrected chi connectivity index (χ0v) is 22.3. The lowest BCUT2D eigenvalue weighted by Gasteiger charge is -2.45. The number of carbonyl (C=O) groups is 4. The molecule has 1 spiro atoms. The van der Waals surface area contributed by atoms with Crippen LogP contribution < -0.4 is 10.6 Å². The third kappa shape index (κ3) is 4.45. The molecule has 5 amide bonds. The number of hydrogen-bond donors (Lipinski definition) is 2. The number of benzene rings is 2. The van der Waals surface area contributed by atoms with Crippen molar-refractivity contribution in [2.45, 2.75) is 64.0 Å². The molecule has 2 aliphatic heterocycles. The molecule has 10 heteroatoms. The maximum atomic E-state index is 14.1. The largest absolute Gasteiger partial charge is 0.326 e. The highest BCUT2D eigenvalue weighted by atomic mass is 19.1. The monoisotopic (exact) mass is 538 g/mol. The molecule has 0 radical (unpaired) electrons. The number of urea groups is 1. The minimum Gasteiger partial charge on any atom is -0.326 e. The van der Waals surface area contributed by atoms with Crippen LogP contribution in [-0.2, 0) is 27.2 Å². The molecule has 2 fully saturated rings. The molecule has 1 unspecified atom stereocenters. The number of nitrogens with zero attached hydrogens (tertiary/aromatic N) is 2. The van der Waals surface area contributed by atoms with Gasteiger partial charge in [-0.2, -0.15) is 0 Å². The second-order valence-electron chi connectivity index (χ2n) is 10.9. The molecule has 0 bridgehead atoms. The highest BCUT2D eigenvalue weighted by Crippen LogP contribution is 2.45. The quantitative estimate of drug-likeness (QED) is 0.542. The van der Waals surface area contributed by atoms with Gasteiger partial charge >= 0.3 is 6.03 Å². The third-order valence-corrected chi connectivity index (χ3v) is 8.97. The number of hydrogen-bond acceptors (Lipinski definition) is 4. The Balaban J connectivity index is 1.37. The van der Waals surface area contributed by atoms with Crippen LogP contribution in [0.4, 0.5) is 19.3 Å². The zero-order valence-electron chi connectivity index (χ0n) is 22.3. The van der Waals surface area contributed by atoms with E-state index in [1.807, 2.05) is 19.9 Å². The van der Waals surface area contributed by atoms with E-state index in [0.29, 0.717) is 49.8 Å². The van der Waals surface area contributed by atoms with Gasteiger partial charge in [0.2, 0.25) is 11.8 Å². The summed E-state index contributed by atoms with van der Waals surface area (Å²) in [6.45, 7) is 3.60. The number of fused-ring (bicyclic) bond motifs is 1. The number of nitrogens with one attached hydrogen (secondary N) is 2. The molecule has 2 heterocycles. The molecule has 3 aliphatic rings. The number of carbonyl (C=O) groups excluding carboxylic acids is 4. The van der Waals surface area contributed by atoms with Crippen molar-refractivity contribution in [3.05, 3.63) is 64.7 Å². The van der Waals surface area contributed by atoms with Gasteiger partial charge in [-0.15, -0.1) is 0 Å². The Morgan fingerprint density at radius 3 is 2.31 bits per heavy atom. The third-order valence-electron chi connectivity index (χ3n) is 8.97. The lowest BCUT2D eigenvalue weighted by atomic mass is 9.72. The summed E-state index contributed by atoms with van der Waals surface area (Å²) in [4.78, 5) is 54.5. The topological polar surface area (TPSA) is 98.8 Å². The van der Waals surface area contributed by atoms with Crippen LogP contribution in [0.25, 0.3) is 0 Å². The Kier molecular flexibility index (Phi) is 6.68. The molecule has 8 nitrogen and oxygen atoms in total. The van der Waals surface area contributed by atoms with Gasteiger partial charge in [0.1, 0.15) is 23.7 Å². The second kappa shape index (κ2) is 9.73. The van der Waals surface area contributed by atoms with Crippen molar-refractivity contribution in [2.75, 3.05) is 18.9 Å². The Bertz CT molecular complexity index is 1350. The first kappa shape index (κ1) is 26.8. The van der Waals surface area contributed by atoms with E-state index < -0.39 is 40.6 Å². The van der Waals surface area contributed by atoms with Crippen LogP contribution in [0.5, 0.6) is 0 Å². The van der Waals surface area contributed by atoms with Crippen molar-refractivity contribution >= 4 is 29.4 Å². The Hall–Kier alpha value is -3.82. The molecular formula is C29H32F2N4O4. The number of halogens is 2. The van der Waals surface area contributed by atoms with E-state index in [0.717, 1.165) is 17.2 Å². The number of likely N-dealkylation sites (tertiary alicyclic amines) is 1. The summed E-state index contributed by atoms with van der Waals surface area (Å²) < 4.78 is 28.1. The first-order chi connectivity index (χ1) is 18.5. The van der Waals surface area contributed by atoms with E-state index >= 15 is 0 Å². The fraction of sp³-hybridized carbons (Fsp3) is 0.448. The second-order valence-corrected chi connectivity index (χ2v) is 10.9. The van der Waals surface area contributed by atoms with Crippen LogP contribution in [0, 0.1) is 17.0 Å². The fourth-order valence-electron chi connectivity index (χ4n) is 6.45. The smallest absolute Gasteiger partial charge is 0.324 e. The van der Waals surface area contributed by atoms with Crippen molar-refractivity contribution in [3.63, 3.8) is 0 Å². The molecule has 39 heavy (non-hydrogen) atoms. The number of likely N-dealkylation sites (N-methyl/N-ethyl adjacent to an activating group) is 1. The van der Waals surface area contributed by atoms with Gasteiger partial charge in [0.25, 0.3) is 5.91 Å². The molecule has 5 rings (SSSR count). The molecule has 206 valence electrons. The van der Waals surface area contributed by atoms with Crippen molar-refractivity contribution in [1.82, 2.24) is 15.1 Å². The number of imide groups is 1. The summed E-state index contributed by atoms with van der Waals surface area (Å²) in [5, 5.41) is 5.21. The summed E-state index contributed by atoms with van der Waals surface area (Å²) in [5.41, 5.74) is 0.987. The average molecular weight is 539 g/mol. The summed E-state index contributed by atoms with van der Waals surface area (Å²) >= 11 is 0. The van der Waals surface area contributed by atoms with Gasteiger partial charge in [0.05, 0.1) is 6.04 Å². The van der Waals surface area contributed by atoms with Gasteiger partial charge in [-0.1, -0.05) is 19.9 Å². The molecule has 2 atom stereocenters. The minimum absolute atomic E-state index is 0.195. The lowest BCUT2D eigenvalue weighted by Crippen LogP contribution is -2.52. The highest BCUT2D eigenvalue weighted by molar-refractivity contribution is 6.07. The average Bonchev–Trinajstić information content (AvgIpc) is 3.37. The molecular weight excluding hydrogens is 506 g/mol.